The van der Waals surface area contributed by atoms with Gasteiger partial charge in [0.05, 0.1) is 13.2 Å². The Hall–Kier alpha value is -2.49. The maximum absolute atomic E-state index is 15.1. The van der Waals surface area contributed by atoms with Gasteiger partial charge in [0.25, 0.3) is 0 Å². The van der Waals surface area contributed by atoms with E-state index in [1.807, 2.05) is 17.0 Å². The Labute approximate surface area is 194 Å². The fourth-order valence-corrected chi connectivity index (χ4v) is 6.40. The summed E-state index contributed by atoms with van der Waals surface area (Å²) in [4.78, 5) is 15.3. The lowest BCUT2D eigenvalue weighted by Gasteiger charge is -2.35. The first-order valence-electron chi connectivity index (χ1n) is 11.2. The zero-order valence-electron chi connectivity index (χ0n) is 19.0. The minimum absolute atomic E-state index is 0.0433. The Bertz CT molecular complexity index is 1090. The number of carbonyl (C=O) groups is 1. The number of hydrogen-bond acceptors (Lipinski definition) is 5. The van der Waals surface area contributed by atoms with E-state index in [0.29, 0.717) is 37.3 Å². The molecule has 0 aliphatic carbocycles. The van der Waals surface area contributed by atoms with Gasteiger partial charge in [-0.05, 0) is 24.6 Å². The van der Waals surface area contributed by atoms with E-state index < -0.39 is 27.1 Å². The monoisotopic (exact) mass is 475 g/mol. The highest BCUT2D eigenvalue weighted by molar-refractivity contribution is 7.89. The predicted octanol–water partition coefficient (Wildman–Crippen LogP) is 2.79. The number of nitrogens with zero attached hydrogens (tertiary/aromatic N) is 3. The van der Waals surface area contributed by atoms with Crippen molar-refractivity contribution in [3.8, 4) is 0 Å². The molecule has 2 aromatic rings. The van der Waals surface area contributed by atoms with E-state index in [2.05, 4.69) is 0 Å². The van der Waals surface area contributed by atoms with E-state index >= 15 is 4.39 Å². The van der Waals surface area contributed by atoms with Gasteiger partial charge in [0.15, 0.2) is 0 Å². The van der Waals surface area contributed by atoms with Crippen molar-refractivity contribution in [2.24, 2.45) is 0 Å². The summed E-state index contributed by atoms with van der Waals surface area (Å²) in [5.74, 6) is -0.396. The van der Waals surface area contributed by atoms with Crippen LogP contribution in [0.4, 0.5) is 10.1 Å². The van der Waals surface area contributed by atoms with E-state index in [0.717, 1.165) is 5.69 Å². The van der Waals surface area contributed by atoms with Crippen LogP contribution in [0.25, 0.3) is 0 Å². The van der Waals surface area contributed by atoms with Crippen LogP contribution < -0.4 is 4.90 Å². The highest BCUT2D eigenvalue weighted by atomic mass is 32.2. The first-order valence-corrected chi connectivity index (χ1v) is 12.7. The number of carbonyl (C=O) groups excluding carboxylic acids is 1. The number of rotatable bonds is 4. The van der Waals surface area contributed by atoms with E-state index in [9.17, 15) is 13.2 Å². The molecule has 2 aliphatic rings. The van der Waals surface area contributed by atoms with Crippen LogP contribution in [-0.4, -0.2) is 69.0 Å². The molecular weight excluding hydrogens is 445 g/mol. The van der Waals surface area contributed by atoms with Gasteiger partial charge in [-0.3, -0.25) is 4.79 Å². The van der Waals surface area contributed by atoms with Crippen molar-refractivity contribution in [1.29, 1.82) is 0 Å². The quantitative estimate of drug-likeness (QED) is 0.680. The van der Waals surface area contributed by atoms with Crippen molar-refractivity contribution in [2.45, 2.75) is 31.7 Å². The lowest BCUT2D eigenvalue weighted by molar-refractivity contribution is -0.129. The van der Waals surface area contributed by atoms with E-state index in [1.165, 1.54) is 10.4 Å². The van der Waals surface area contributed by atoms with E-state index in [-0.39, 0.29) is 25.7 Å². The van der Waals surface area contributed by atoms with Crippen LogP contribution in [0, 0.1) is 5.82 Å². The number of piperazine rings is 1. The second-order valence-electron chi connectivity index (χ2n) is 8.64. The summed E-state index contributed by atoms with van der Waals surface area (Å²) in [7, 11) is -3.77. The van der Waals surface area contributed by atoms with Crippen molar-refractivity contribution in [3.05, 3.63) is 65.5 Å². The summed E-state index contributed by atoms with van der Waals surface area (Å²) in [6.07, 6.45) is 0. The minimum atomic E-state index is -3.77. The first kappa shape index (κ1) is 23.7. The highest BCUT2D eigenvalue weighted by Crippen LogP contribution is 2.32. The molecule has 2 heterocycles. The second kappa shape index (κ2) is 9.79. The fourth-order valence-electron chi connectivity index (χ4n) is 4.42. The molecular formula is C24H30FN3O4S. The number of sulfonamides is 1. The topological polar surface area (TPSA) is 70.2 Å². The van der Waals surface area contributed by atoms with Crippen molar-refractivity contribution in [1.82, 2.24) is 9.21 Å². The van der Waals surface area contributed by atoms with E-state index in [1.54, 1.807) is 49.1 Å². The minimum Gasteiger partial charge on any atom is -0.378 e. The molecule has 1 amide bonds. The molecule has 0 spiro atoms. The maximum Gasteiger partial charge on any atom is 0.224 e. The van der Waals surface area contributed by atoms with Crippen molar-refractivity contribution < 1.29 is 22.3 Å². The molecule has 2 atom stereocenters. The van der Waals surface area contributed by atoms with Crippen molar-refractivity contribution >= 4 is 21.6 Å². The molecule has 0 radical (unpaired) electrons. The maximum atomic E-state index is 15.1. The number of halogens is 1. The summed E-state index contributed by atoms with van der Waals surface area (Å²) < 4.78 is 49.3. The molecule has 0 saturated carbocycles. The molecule has 33 heavy (non-hydrogen) atoms. The predicted molar refractivity (Wildman–Crippen MR) is 125 cm³/mol. The van der Waals surface area contributed by atoms with Crippen LogP contribution in [0.2, 0.25) is 0 Å². The van der Waals surface area contributed by atoms with Gasteiger partial charge >= 0.3 is 0 Å². The Kier molecular flexibility index (Phi) is 7.02. The Morgan fingerprint density at radius 1 is 1.06 bits per heavy atom. The lowest BCUT2D eigenvalue weighted by Crippen LogP contribution is -2.48. The molecule has 0 unspecified atom stereocenters. The number of ether oxygens (including phenoxy) is 1. The van der Waals surface area contributed by atoms with Gasteiger partial charge in [0.1, 0.15) is 11.1 Å². The van der Waals surface area contributed by atoms with Gasteiger partial charge < -0.3 is 14.5 Å². The summed E-state index contributed by atoms with van der Waals surface area (Å²) in [5.41, 5.74) is 1.72. The lowest BCUT2D eigenvalue weighted by atomic mass is 10.1. The van der Waals surface area contributed by atoms with Crippen molar-refractivity contribution in [3.63, 3.8) is 0 Å². The Balaban J connectivity index is 1.54. The van der Waals surface area contributed by atoms with Gasteiger partial charge in [-0.25, -0.2) is 12.8 Å². The average Bonchev–Trinajstić information content (AvgIpc) is 2.91. The standard InChI is InChI=1S/C24H30FN3O4S/c1-18-16-32-17-24(20-6-4-3-5-7-20)33(30,31)28(18)15-21-8-9-22(14-23(21)25)27-12-10-26(11-13-27)19(2)29/h3-9,14,18,24H,10-13,15-17H2,1-2H3/t18-,24-/m1/s1. The number of benzene rings is 2. The smallest absolute Gasteiger partial charge is 0.224 e. The number of hydrogen-bond donors (Lipinski definition) is 0. The van der Waals surface area contributed by atoms with Gasteiger partial charge in [-0.15, -0.1) is 0 Å². The van der Waals surface area contributed by atoms with Crippen LogP contribution in [0.5, 0.6) is 0 Å². The normalized spacial score (nSPS) is 23.8. The molecule has 2 fully saturated rings. The SMILES string of the molecule is CC(=O)N1CCN(c2ccc(CN3[C@H](C)COC[C@H](c4ccccc4)S3(=O)=O)c(F)c2)CC1. The average molecular weight is 476 g/mol. The number of anilines is 1. The zero-order valence-corrected chi connectivity index (χ0v) is 19.8. The summed E-state index contributed by atoms with van der Waals surface area (Å²) in [6.45, 7) is 6.06. The number of amides is 1. The third kappa shape index (κ3) is 5.05. The highest BCUT2D eigenvalue weighted by Gasteiger charge is 2.39. The zero-order chi connectivity index (χ0) is 23.6. The molecule has 0 N–H and O–H groups in total. The molecule has 0 bridgehead atoms. The van der Waals surface area contributed by atoms with E-state index in [4.69, 9.17) is 4.74 Å². The molecule has 2 aliphatic heterocycles. The van der Waals surface area contributed by atoms with Crippen LogP contribution in [0.1, 0.15) is 30.2 Å². The molecule has 7 nitrogen and oxygen atoms in total. The second-order valence-corrected chi connectivity index (χ2v) is 10.7. The van der Waals surface area contributed by atoms with Gasteiger partial charge in [-0.1, -0.05) is 36.4 Å². The summed E-state index contributed by atoms with van der Waals surface area (Å²) in [6, 6.07) is 13.5. The third-order valence-electron chi connectivity index (χ3n) is 6.43. The van der Waals surface area contributed by atoms with Gasteiger partial charge in [0.2, 0.25) is 15.9 Å². The Morgan fingerprint density at radius 3 is 2.39 bits per heavy atom. The molecule has 178 valence electrons. The van der Waals surface area contributed by atoms with Crippen LogP contribution >= 0.6 is 0 Å². The van der Waals surface area contributed by atoms with Crippen LogP contribution in [0.3, 0.4) is 0 Å². The Morgan fingerprint density at radius 2 is 1.76 bits per heavy atom. The molecule has 9 heteroatoms. The summed E-state index contributed by atoms with van der Waals surface area (Å²) >= 11 is 0. The first-order chi connectivity index (χ1) is 15.8. The molecule has 2 aromatic carbocycles. The molecule has 0 aromatic heterocycles. The van der Waals surface area contributed by atoms with Gasteiger partial charge in [0, 0.05) is 56.9 Å². The molecule has 2 saturated heterocycles. The molecule has 4 rings (SSSR count). The van der Waals surface area contributed by atoms with Crippen LogP contribution in [0.15, 0.2) is 48.5 Å². The van der Waals surface area contributed by atoms with Crippen LogP contribution in [-0.2, 0) is 26.1 Å². The largest absolute Gasteiger partial charge is 0.378 e. The fraction of sp³-hybridized carbons (Fsp3) is 0.458. The third-order valence-corrected chi connectivity index (χ3v) is 8.70. The van der Waals surface area contributed by atoms with Crippen molar-refractivity contribution in [2.75, 3.05) is 44.3 Å². The van der Waals surface area contributed by atoms with Gasteiger partial charge in [-0.2, -0.15) is 4.31 Å². The summed E-state index contributed by atoms with van der Waals surface area (Å²) in [5, 5.41) is -0.830.